The Balaban J connectivity index is 2.42. The summed E-state index contributed by atoms with van der Waals surface area (Å²) >= 11 is 0. The van der Waals surface area contributed by atoms with Gasteiger partial charge in [-0.15, -0.1) is 0 Å². The second-order valence-electron chi connectivity index (χ2n) is 2.90. The fourth-order valence-corrected chi connectivity index (χ4v) is 1.24. The van der Waals surface area contributed by atoms with Crippen molar-refractivity contribution in [1.82, 2.24) is 10.2 Å². The van der Waals surface area contributed by atoms with E-state index in [4.69, 9.17) is 0 Å². The summed E-state index contributed by atoms with van der Waals surface area (Å²) in [5, 5.41) is 6.66. The van der Waals surface area contributed by atoms with E-state index < -0.39 is 0 Å². The predicted molar refractivity (Wildman–Crippen MR) is 52.8 cm³/mol. The highest BCUT2D eigenvalue weighted by Gasteiger charge is 2.05. The van der Waals surface area contributed by atoms with E-state index >= 15 is 0 Å². The van der Waals surface area contributed by atoms with Crippen LogP contribution in [-0.4, -0.2) is 22.8 Å². The van der Waals surface area contributed by atoms with Crippen LogP contribution in [0, 0.1) is 0 Å². The third kappa shape index (κ3) is 1.56. The summed E-state index contributed by atoms with van der Waals surface area (Å²) in [6.45, 7) is 2.05. The molecule has 0 radical (unpaired) electrons. The number of nitrogens with zero attached hydrogens (tertiary/aromatic N) is 3. The normalized spacial score (nSPS) is 16.4. The van der Waals surface area contributed by atoms with Gasteiger partial charge in [-0.3, -0.25) is 5.10 Å². The second kappa shape index (κ2) is 3.35. The minimum absolute atomic E-state index is 0.848. The maximum absolute atomic E-state index is 4.24. The molecule has 13 heavy (non-hydrogen) atoms. The van der Waals surface area contributed by atoms with E-state index in [1.54, 1.807) is 12.5 Å². The van der Waals surface area contributed by atoms with Crippen molar-refractivity contribution >= 4 is 18.3 Å². The third-order valence-electron chi connectivity index (χ3n) is 1.93. The van der Waals surface area contributed by atoms with Crippen LogP contribution in [0.5, 0.6) is 0 Å². The highest BCUT2D eigenvalue weighted by atomic mass is 15.1. The van der Waals surface area contributed by atoms with Gasteiger partial charge < -0.3 is 0 Å². The molecule has 1 aromatic heterocycles. The van der Waals surface area contributed by atoms with Gasteiger partial charge in [-0.25, -0.2) is 9.98 Å². The predicted octanol–water partition coefficient (Wildman–Crippen LogP) is 1.64. The molecule has 0 unspecified atom stereocenters. The van der Waals surface area contributed by atoms with Gasteiger partial charge >= 0.3 is 0 Å². The molecule has 66 valence electrons. The minimum Gasteiger partial charge on any atom is -0.285 e. The molecule has 1 aromatic rings. The number of aliphatic imine (C=N–C) groups is 2. The van der Waals surface area contributed by atoms with Crippen LogP contribution in [-0.2, 0) is 0 Å². The number of aromatic amines is 1. The molecule has 0 bridgehead atoms. The molecule has 1 aliphatic heterocycles. The molecule has 0 aliphatic carbocycles. The molecule has 0 amide bonds. The van der Waals surface area contributed by atoms with E-state index in [2.05, 4.69) is 27.1 Å². The lowest BCUT2D eigenvalue weighted by atomic mass is 10.1. The van der Waals surface area contributed by atoms with E-state index in [0.717, 1.165) is 17.7 Å². The molecule has 1 aliphatic rings. The molecule has 0 fully saturated rings. The molecule has 2 heterocycles. The van der Waals surface area contributed by atoms with Gasteiger partial charge in [0.15, 0.2) is 0 Å². The van der Waals surface area contributed by atoms with E-state index in [1.807, 2.05) is 12.4 Å². The standard InChI is InChI=1S/C9H10N4/c1-7-2-3-10-6-11-9(7)8-4-12-13-5-8/h3-6H,2H2,1H3,(H,12,13). The number of hydrogen-bond acceptors (Lipinski definition) is 3. The van der Waals surface area contributed by atoms with Gasteiger partial charge in [-0.2, -0.15) is 5.10 Å². The van der Waals surface area contributed by atoms with Crippen molar-refractivity contribution in [2.45, 2.75) is 13.3 Å². The number of aromatic nitrogens is 2. The van der Waals surface area contributed by atoms with Gasteiger partial charge in [0.05, 0.1) is 11.9 Å². The fraction of sp³-hybridized carbons (Fsp3) is 0.222. The Hall–Kier alpha value is -1.71. The van der Waals surface area contributed by atoms with E-state index in [9.17, 15) is 0 Å². The number of allylic oxidation sites excluding steroid dienone is 1. The molecule has 4 heteroatoms. The van der Waals surface area contributed by atoms with Crippen molar-refractivity contribution in [3.63, 3.8) is 0 Å². The number of hydrogen-bond donors (Lipinski definition) is 1. The molecule has 2 rings (SSSR count). The molecule has 0 saturated heterocycles. The average Bonchev–Trinajstić information content (AvgIpc) is 2.56. The third-order valence-corrected chi connectivity index (χ3v) is 1.93. The summed E-state index contributed by atoms with van der Waals surface area (Å²) in [5.41, 5.74) is 3.18. The largest absolute Gasteiger partial charge is 0.285 e. The van der Waals surface area contributed by atoms with E-state index in [0.29, 0.717) is 0 Å². The van der Waals surface area contributed by atoms with Gasteiger partial charge in [-0.1, -0.05) is 0 Å². The monoisotopic (exact) mass is 174 g/mol. The highest BCUT2D eigenvalue weighted by Crippen LogP contribution is 2.21. The first kappa shape index (κ1) is 7.91. The average molecular weight is 174 g/mol. The first-order valence-corrected chi connectivity index (χ1v) is 4.11. The number of H-pyrrole nitrogens is 1. The molecule has 0 atom stereocenters. The zero-order valence-electron chi connectivity index (χ0n) is 7.36. The van der Waals surface area contributed by atoms with Crippen LogP contribution in [0.4, 0.5) is 0 Å². The first-order chi connectivity index (χ1) is 6.38. The van der Waals surface area contributed by atoms with Gasteiger partial charge in [0.1, 0.15) is 6.34 Å². The molecule has 0 aromatic carbocycles. The summed E-state index contributed by atoms with van der Waals surface area (Å²) in [5.74, 6) is 0. The quantitative estimate of drug-likeness (QED) is 0.691. The Bertz CT molecular complexity index is 370. The van der Waals surface area contributed by atoms with E-state index in [1.165, 1.54) is 5.57 Å². The van der Waals surface area contributed by atoms with Crippen LogP contribution >= 0.6 is 0 Å². The molecule has 4 nitrogen and oxygen atoms in total. The van der Waals surface area contributed by atoms with Crippen molar-refractivity contribution in [2.24, 2.45) is 9.98 Å². The molecular formula is C9H10N4. The van der Waals surface area contributed by atoms with Crippen LogP contribution in [0.3, 0.4) is 0 Å². The summed E-state index contributed by atoms with van der Waals surface area (Å²) in [4.78, 5) is 8.24. The van der Waals surface area contributed by atoms with Gasteiger partial charge in [0, 0.05) is 24.4 Å². The second-order valence-corrected chi connectivity index (χ2v) is 2.90. The van der Waals surface area contributed by atoms with Crippen molar-refractivity contribution in [2.75, 3.05) is 0 Å². The number of nitrogens with one attached hydrogen (secondary N) is 1. The summed E-state index contributed by atoms with van der Waals surface area (Å²) < 4.78 is 0. The summed E-state index contributed by atoms with van der Waals surface area (Å²) in [6.07, 6.45) is 7.87. The maximum atomic E-state index is 4.24. The van der Waals surface area contributed by atoms with Crippen molar-refractivity contribution in [3.05, 3.63) is 23.5 Å². The summed E-state index contributed by atoms with van der Waals surface area (Å²) in [6, 6.07) is 0. The zero-order chi connectivity index (χ0) is 9.10. The summed E-state index contributed by atoms with van der Waals surface area (Å²) in [7, 11) is 0. The van der Waals surface area contributed by atoms with Crippen molar-refractivity contribution in [3.8, 4) is 0 Å². The lowest BCUT2D eigenvalue weighted by Gasteiger charge is -2.00. The first-order valence-electron chi connectivity index (χ1n) is 4.11. The molecule has 0 saturated carbocycles. The fourth-order valence-electron chi connectivity index (χ4n) is 1.24. The Morgan fingerprint density at radius 3 is 3.15 bits per heavy atom. The minimum atomic E-state index is 0.848. The van der Waals surface area contributed by atoms with Crippen LogP contribution in [0.25, 0.3) is 5.70 Å². The molecule has 0 spiro atoms. The SMILES string of the molecule is CC1=C(c2cn[nH]c2)N=CN=CC1. The van der Waals surface area contributed by atoms with Crippen LogP contribution in [0.15, 0.2) is 28.0 Å². The van der Waals surface area contributed by atoms with Crippen LogP contribution < -0.4 is 0 Å². The van der Waals surface area contributed by atoms with E-state index in [-0.39, 0.29) is 0 Å². The zero-order valence-corrected chi connectivity index (χ0v) is 7.36. The Labute approximate surface area is 76.1 Å². The Morgan fingerprint density at radius 2 is 2.38 bits per heavy atom. The van der Waals surface area contributed by atoms with Gasteiger partial charge in [-0.05, 0) is 12.5 Å². The maximum Gasteiger partial charge on any atom is 0.115 e. The topological polar surface area (TPSA) is 53.4 Å². The lowest BCUT2D eigenvalue weighted by Crippen LogP contribution is -1.84. The van der Waals surface area contributed by atoms with Crippen molar-refractivity contribution < 1.29 is 0 Å². The molecular weight excluding hydrogens is 164 g/mol. The van der Waals surface area contributed by atoms with Gasteiger partial charge in [0.2, 0.25) is 0 Å². The highest BCUT2D eigenvalue weighted by molar-refractivity contribution is 5.84. The smallest absolute Gasteiger partial charge is 0.115 e. The lowest BCUT2D eigenvalue weighted by molar-refractivity contribution is 1.09. The molecule has 1 N–H and O–H groups in total. The van der Waals surface area contributed by atoms with Crippen LogP contribution in [0.2, 0.25) is 0 Å². The van der Waals surface area contributed by atoms with Crippen LogP contribution in [0.1, 0.15) is 18.9 Å². The Kier molecular flexibility index (Phi) is 2.04. The number of rotatable bonds is 1. The Morgan fingerprint density at radius 1 is 1.46 bits per heavy atom. The van der Waals surface area contributed by atoms with Gasteiger partial charge in [0.25, 0.3) is 0 Å². The van der Waals surface area contributed by atoms with Crippen molar-refractivity contribution in [1.29, 1.82) is 0 Å².